The molecule has 1 atom stereocenters. The van der Waals surface area contributed by atoms with E-state index in [9.17, 15) is 9.59 Å². The fourth-order valence-corrected chi connectivity index (χ4v) is 4.57. The number of aryl methyl sites for hydroxylation is 2. The molecule has 1 amide bonds. The van der Waals surface area contributed by atoms with Crippen LogP contribution >= 0.6 is 0 Å². The van der Waals surface area contributed by atoms with Crippen molar-refractivity contribution in [1.29, 1.82) is 0 Å². The van der Waals surface area contributed by atoms with E-state index < -0.39 is 6.04 Å². The molecule has 4 heterocycles. The van der Waals surface area contributed by atoms with Gasteiger partial charge in [-0.3, -0.25) is 18.8 Å². The second-order valence-electron chi connectivity index (χ2n) is 8.58. The molecule has 3 N–H and O–H groups in total. The van der Waals surface area contributed by atoms with Crippen molar-refractivity contribution in [2.75, 3.05) is 18.4 Å². The van der Waals surface area contributed by atoms with Crippen LogP contribution in [-0.4, -0.2) is 38.3 Å². The molecule has 0 saturated carbocycles. The minimum atomic E-state index is -0.537. The largest absolute Gasteiger partial charge is 0.379 e. The SMILES string of the molecule is O=C(NCc1cc2n(n1)CCNC2)C1CCc2ncc(NCCCc3ccccc3)c(=O)n21. The highest BCUT2D eigenvalue weighted by atomic mass is 16.2. The minimum Gasteiger partial charge on any atom is -0.379 e. The molecule has 3 aromatic rings. The summed E-state index contributed by atoms with van der Waals surface area (Å²) in [5.74, 6) is 0.501. The second-order valence-corrected chi connectivity index (χ2v) is 8.58. The van der Waals surface area contributed by atoms with Gasteiger partial charge in [-0.05, 0) is 30.9 Å². The molecule has 5 rings (SSSR count). The van der Waals surface area contributed by atoms with Gasteiger partial charge in [0.05, 0.1) is 30.7 Å². The molecule has 33 heavy (non-hydrogen) atoms. The standard InChI is InChI=1S/C24H29N7O2/c32-23(28-14-18-13-19-15-25-11-12-30(19)29-18)21-8-9-22-27-16-20(24(33)31(21)22)26-10-4-7-17-5-2-1-3-6-17/h1-3,5-6,13,16,21,25-26H,4,7-12,14-15H2,(H,28,32). The van der Waals surface area contributed by atoms with Crippen molar-refractivity contribution in [3.63, 3.8) is 0 Å². The van der Waals surface area contributed by atoms with E-state index in [-0.39, 0.29) is 11.5 Å². The normalized spacial score (nSPS) is 16.8. The van der Waals surface area contributed by atoms with Gasteiger partial charge < -0.3 is 16.0 Å². The van der Waals surface area contributed by atoms with E-state index in [0.717, 1.165) is 43.9 Å². The third kappa shape index (κ3) is 4.68. The van der Waals surface area contributed by atoms with Crippen LogP contribution in [0.25, 0.3) is 0 Å². The molecule has 0 spiro atoms. The van der Waals surface area contributed by atoms with Crippen molar-refractivity contribution in [3.8, 4) is 0 Å². The molecular formula is C24H29N7O2. The van der Waals surface area contributed by atoms with E-state index >= 15 is 0 Å². The molecule has 0 fully saturated rings. The van der Waals surface area contributed by atoms with Crippen LogP contribution in [-0.2, 0) is 37.3 Å². The number of aromatic nitrogens is 4. The van der Waals surface area contributed by atoms with E-state index in [1.165, 1.54) is 5.56 Å². The molecule has 2 aliphatic rings. The first-order valence-electron chi connectivity index (χ1n) is 11.6. The third-order valence-electron chi connectivity index (χ3n) is 6.29. The Bertz CT molecular complexity index is 1160. The van der Waals surface area contributed by atoms with Crippen LogP contribution in [0.2, 0.25) is 0 Å². The van der Waals surface area contributed by atoms with Crippen LogP contribution < -0.4 is 21.5 Å². The summed E-state index contributed by atoms with van der Waals surface area (Å²) in [7, 11) is 0. The summed E-state index contributed by atoms with van der Waals surface area (Å²) in [6.07, 6.45) is 4.63. The fraction of sp³-hybridized carbons (Fsp3) is 0.417. The number of carbonyl (C=O) groups is 1. The summed E-state index contributed by atoms with van der Waals surface area (Å²) in [4.78, 5) is 30.5. The molecule has 0 aliphatic carbocycles. The Morgan fingerprint density at radius 2 is 2.12 bits per heavy atom. The van der Waals surface area contributed by atoms with Crippen molar-refractivity contribution in [1.82, 2.24) is 30.0 Å². The molecule has 172 valence electrons. The van der Waals surface area contributed by atoms with Gasteiger partial charge in [-0.25, -0.2) is 4.98 Å². The lowest BCUT2D eigenvalue weighted by atomic mass is 10.1. The molecule has 1 unspecified atom stereocenters. The summed E-state index contributed by atoms with van der Waals surface area (Å²) in [5, 5.41) is 14.1. The Balaban J connectivity index is 1.20. The van der Waals surface area contributed by atoms with Crippen LogP contribution in [0.1, 0.15) is 41.7 Å². The zero-order chi connectivity index (χ0) is 22.6. The second kappa shape index (κ2) is 9.58. The van der Waals surface area contributed by atoms with Crippen molar-refractivity contribution in [3.05, 3.63) is 75.7 Å². The van der Waals surface area contributed by atoms with Crippen LogP contribution in [0.3, 0.4) is 0 Å². The number of carbonyl (C=O) groups excluding carboxylic acids is 1. The average molecular weight is 448 g/mol. The smallest absolute Gasteiger partial charge is 0.277 e. The number of benzene rings is 1. The highest BCUT2D eigenvalue weighted by Gasteiger charge is 2.31. The number of hydrogen-bond donors (Lipinski definition) is 3. The van der Waals surface area contributed by atoms with E-state index in [0.29, 0.717) is 37.4 Å². The van der Waals surface area contributed by atoms with Crippen LogP contribution in [0.5, 0.6) is 0 Å². The van der Waals surface area contributed by atoms with Crippen molar-refractivity contribution in [2.24, 2.45) is 0 Å². The molecular weight excluding hydrogens is 418 g/mol. The van der Waals surface area contributed by atoms with Gasteiger partial charge in [-0.1, -0.05) is 30.3 Å². The predicted octanol–water partition coefficient (Wildman–Crippen LogP) is 1.39. The number of rotatable bonds is 8. The summed E-state index contributed by atoms with van der Waals surface area (Å²) < 4.78 is 3.53. The highest BCUT2D eigenvalue weighted by molar-refractivity contribution is 5.80. The zero-order valence-electron chi connectivity index (χ0n) is 18.6. The zero-order valence-corrected chi connectivity index (χ0v) is 18.6. The quantitative estimate of drug-likeness (QED) is 0.451. The van der Waals surface area contributed by atoms with E-state index in [4.69, 9.17) is 0 Å². The molecule has 1 aromatic carbocycles. The molecule has 0 radical (unpaired) electrons. The summed E-state index contributed by atoms with van der Waals surface area (Å²) in [6.45, 7) is 3.55. The fourth-order valence-electron chi connectivity index (χ4n) is 4.57. The topological polar surface area (TPSA) is 106 Å². The van der Waals surface area contributed by atoms with Crippen LogP contribution in [0, 0.1) is 0 Å². The molecule has 0 saturated heterocycles. The Labute approximate surface area is 192 Å². The maximum absolute atomic E-state index is 13.1. The van der Waals surface area contributed by atoms with Gasteiger partial charge in [0.15, 0.2) is 0 Å². The Morgan fingerprint density at radius 3 is 2.97 bits per heavy atom. The van der Waals surface area contributed by atoms with Gasteiger partial charge >= 0.3 is 0 Å². The molecule has 2 aliphatic heterocycles. The van der Waals surface area contributed by atoms with Gasteiger partial charge in [0.2, 0.25) is 5.91 Å². The van der Waals surface area contributed by atoms with Gasteiger partial charge in [0.1, 0.15) is 17.6 Å². The molecule has 9 nitrogen and oxygen atoms in total. The van der Waals surface area contributed by atoms with Crippen LogP contribution in [0.4, 0.5) is 5.69 Å². The minimum absolute atomic E-state index is 0.164. The molecule has 0 bridgehead atoms. The third-order valence-corrected chi connectivity index (χ3v) is 6.29. The number of amides is 1. The Kier molecular flexibility index (Phi) is 6.21. The van der Waals surface area contributed by atoms with Crippen molar-refractivity contribution < 1.29 is 4.79 Å². The first kappa shape index (κ1) is 21.4. The Hall–Kier alpha value is -3.46. The van der Waals surface area contributed by atoms with E-state index in [1.807, 2.05) is 28.9 Å². The summed E-state index contributed by atoms with van der Waals surface area (Å²) in [6, 6.07) is 11.7. The predicted molar refractivity (Wildman–Crippen MR) is 125 cm³/mol. The van der Waals surface area contributed by atoms with Gasteiger partial charge in [-0.15, -0.1) is 0 Å². The lowest BCUT2D eigenvalue weighted by Gasteiger charge is -2.15. The number of nitrogens with one attached hydrogen (secondary N) is 3. The van der Waals surface area contributed by atoms with Gasteiger partial charge in [0, 0.05) is 26.1 Å². The lowest BCUT2D eigenvalue weighted by molar-refractivity contribution is -0.124. The first-order valence-corrected chi connectivity index (χ1v) is 11.6. The molecule has 2 aromatic heterocycles. The molecule has 9 heteroatoms. The maximum Gasteiger partial charge on any atom is 0.277 e. The number of fused-ring (bicyclic) bond motifs is 2. The van der Waals surface area contributed by atoms with E-state index in [1.54, 1.807) is 10.8 Å². The monoisotopic (exact) mass is 447 g/mol. The number of hydrogen-bond acceptors (Lipinski definition) is 6. The highest BCUT2D eigenvalue weighted by Crippen LogP contribution is 2.23. The average Bonchev–Trinajstić information content (AvgIpc) is 3.46. The van der Waals surface area contributed by atoms with Gasteiger partial charge in [0.25, 0.3) is 5.56 Å². The number of anilines is 1. The van der Waals surface area contributed by atoms with Gasteiger partial charge in [-0.2, -0.15) is 5.10 Å². The number of nitrogens with zero attached hydrogens (tertiary/aromatic N) is 4. The van der Waals surface area contributed by atoms with Crippen LogP contribution in [0.15, 0.2) is 47.4 Å². The lowest BCUT2D eigenvalue weighted by Crippen LogP contribution is -2.36. The maximum atomic E-state index is 13.1. The van der Waals surface area contributed by atoms with E-state index in [2.05, 4.69) is 38.2 Å². The summed E-state index contributed by atoms with van der Waals surface area (Å²) >= 11 is 0. The first-order chi connectivity index (χ1) is 16.2. The van der Waals surface area contributed by atoms with Crippen molar-refractivity contribution >= 4 is 11.6 Å². The Morgan fingerprint density at radius 1 is 1.24 bits per heavy atom. The van der Waals surface area contributed by atoms with Crippen molar-refractivity contribution in [2.45, 2.75) is 51.4 Å². The summed E-state index contributed by atoms with van der Waals surface area (Å²) in [5.41, 5.74) is 3.50.